The number of hydrazine groups is 1. The molecule has 2 atom stereocenters. The number of fused-ring (bicyclic) bond motifs is 1. The number of guanidine groups is 1. The molecule has 5 heteroatoms. The normalized spacial score (nSPS) is 34.4. The Hall–Kier alpha value is -0.810. The summed E-state index contributed by atoms with van der Waals surface area (Å²) in [6, 6.07) is 0.983. The van der Waals surface area contributed by atoms with Crippen molar-refractivity contribution in [2.75, 3.05) is 13.2 Å². The fourth-order valence-corrected chi connectivity index (χ4v) is 2.93. The van der Waals surface area contributed by atoms with Crippen molar-refractivity contribution in [2.24, 2.45) is 10.8 Å². The Kier molecular flexibility index (Phi) is 3.20. The molecule has 1 saturated heterocycles. The first-order valence-corrected chi connectivity index (χ1v) is 6.81. The minimum absolute atomic E-state index is 0.384. The van der Waals surface area contributed by atoms with Crippen LogP contribution in [0.25, 0.3) is 0 Å². The summed E-state index contributed by atoms with van der Waals surface area (Å²) in [5.41, 5.74) is 2.80. The van der Waals surface area contributed by atoms with Crippen LogP contribution in [0.2, 0.25) is 0 Å². The molecule has 0 bridgehead atoms. The number of hydrogen-bond donors (Lipinski definition) is 2. The number of aliphatic imine (C=N–C) groups is 1. The molecule has 1 aliphatic heterocycles. The van der Waals surface area contributed by atoms with E-state index < -0.39 is 0 Å². The van der Waals surface area contributed by atoms with Gasteiger partial charge in [-0.25, -0.2) is 10.8 Å². The van der Waals surface area contributed by atoms with Crippen LogP contribution in [0.1, 0.15) is 38.5 Å². The molecule has 0 spiro atoms. The second kappa shape index (κ2) is 4.82. The number of nitrogens with one attached hydrogen (secondary N) is 1. The first-order chi connectivity index (χ1) is 8.38. The Balaban J connectivity index is 1.74. The van der Waals surface area contributed by atoms with Crippen LogP contribution in [0.5, 0.6) is 0 Å². The van der Waals surface area contributed by atoms with E-state index in [2.05, 4.69) is 15.3 Å². The molecule has 2 saturated carbocycles. The molecule has 0 radical (unpaired) electrons. The summed E-state index contributed by atoms with van der Waals surface area (Å²) in [5.74, 6) is 6.52. The second-order valence-electron chi connectivity index (χ2n) is 5.28. The molecule has 17 heavy (non-hydrogen) atoms. The van der Waals surface area contributed by atoms with Gasteiger partial charge in [0.05, 0.1) is 24.8 Å². The molecular weight excluding hydrogens is 216 g/mol. The standard InChI is InChI=1S/C12H22N4O/c13-15-12(14-9-5-6-9)16-7-8-17-11-4-2-1-3-10(11)16/h9-11H,1-8,13H2,(H,14,15). The molecule has 0 aromatic heterocycles. The van der Waals surface area contributed by atoms with Gasteiger partial charge in [0, 0.05) is 6.54 Å². The molecule has 0 aromatic carbocycles. The lowest BCUT2D eigenvalue weighted by molar-refractivity contribution is -0.0648. The molecule has 2 unspecified atom stereocenters. The van der Waals surface area contributed by atoms with E-state index in [1.807, 2.05) is 0 Å². The van der Waals surface area contributed by atoms with E-state index in [1.165, 1.54) is 38.5 Å². The molecule has 0 aromatic rings. The van der Waals surface area contributed by atoms with E-state index in [0.717, 1.165) is 19.1 Å². The molecule has 3 rings (SSSR count). The van der Waals surface area contributed by atoms with Crippen molar-refractivity contribution in [3.63, 3.8) is 0 Å². The summed E-state index contributed by atoms with van der Waals surface area (Å²) >= 11 is 0. The van der Waals surface area contributed by atoms with E-state index in [4.69, 9.17) is 10.6 Å². The minimum Gasteiger partial charge on any atom is -0.374 e. The molecule has 3 fully saturated rings. The number of rotatable bonds is 1. The molecule has 1 heterocycles. The summed E-state index contributed by atoms with van der Waals surface area (Å²) in [6.07, 6.45) is 7.78. The molecule has 2 aliphatic carbocycles. The maximum absolute atomic E-state index is 5.86. The van der Waals surface area contributed by atoms with Crippen molar-refractivity contribution in [1.82, 2.24) is 10.3 Å². The van der Waals surface area contributed by atoms with Gasteiger partial charge < -0.3 is 9.64 Å². The van der Waals surface area contributed by atoms with Crippen molar-refractivity contribution in [2.45, 2.75) is 56.7 Å². The maximum Gasteiger partial charge on any atom is 0.209 e. The van der Waals surface area contributed by atoms with E-state index in [-0.39, 0.29) is 0 Å². The van der Waals surface area contributed by atoms with Crippen LogP contribution in [0.3, 0.4) is 0 Å². The van der Waals surface area contributed by atoms with Gasteiger partial charge in [0.1, 0.15) is 0 Å². The molecule has 0 amide bonds. The van der Waals surface area contributed by atoms with Crippen LogP contribution in [0.15, 0.2) is 4.99 Å². The highest BCUT2D eigenvalue weighted by molar-refractivity contribution is 5.80. The third kappa shape index (κ3) is 2.40. The Bertz CT molecular complexity index is 301. The maximum atomic E-state index is 5.86. The summed E-state index contributed by atoms with van der Waals surface area (Å²) in [7, 11) is 0. The lowest BCUT2D eigenvalue weighted by Gasteiger charge is -2.44. The Labute approximate surface area is 102 Å². The zero-order chi connectivity index (χ0) is 11.7. The topological polar surface area (TPSA) is 62.9 Å². The first-order valence-electron chi connectivity index (χ1n) is 6.81. The van der Waals surface area contributed by atoms with Gasteiger partial charge in [0.15, 0.2) is 0 Å². The van der Waals surface area contributed by atoms with E-state index >= 15 is 0 Å². The summed E-state index contributed by atoms with van der Waals surface area (Å²) in [4.78, 5) is 7.01. The third-order valence-electron chi connectivity index (χ3n) is 3.99. The van der Waals surface area contributed by atoms with Crippen LogP contribution in [0, 0.1) is 0 Å². The van der Waals surface area contributed by atoms with Gasteiger partial charge in [-0.1, -0.05) is 12.8 Å². The SMILES string of the molecule is NNC(=NC1CC1)N1CCOC2CCCCC21. The smallest absolute Gasteiger partial charge is 0.209 e. The molecular formula is C12H22N4O. The predicted octanol–water partition coefficient (Wildman–Crippen LogP) is 0.611. The Morgan fingerprint density at radius 1 is 1.24 bits per heavy atom. The molecule has 3 aliphatic rings. The Morgan fingerprint density at radius 2 is 2.06 bits per heavy atom. The van der Waals surface area contributed by atoms with Crippen LogP contribution < -0.4 is 11.3 Å². The number of morpholine rings is 1. The average Bonchev–Trinajstić information content (AvgIpc) is 3.19. The van der Waals surface area contributed by atoms with Gasteiger partial charge >= 0.3 is 0 Å². The summed E-state index contributed by atoms with van der Waals surface area (Å²) in [5, 5.41) is 0. The van der Waals surface area contributed by atoms with Crippen molar-refractivity contribution in [3.05, 3.63) is 0 Å². The third-order valence-corrected chi connectivity index (χ3v) is 3.99. The summed E-state index contributed by atoms with van der Waals surface area (Å²) in [6.45, 7) is 1.71. The highest BCUT2D eigenvalue weighted by atomic mass is 16.5. The zero-order valence-electron chi connectivity index (χ0n) is 10.3. The minimum atomic E-state index is 0.384. The fourth-order valence-electron chi connectivity index (χ4n) is 2.93. The van der Waals surface area contributed by atoms with Crippen molar-refractivity contribution >= 4 is 5.96 Å². The number of ether oxygens (including phenoxy) is 1. The largest absolute Gasteiger partial charge is 0.374 e. The van der Waals surface area contributed by atoms with Crippen LogP contribution in [-0.2, 0) is 4.74 Å². The van der Waals surface area contributed by atoms with Crippen molar-refractivity contribution < 1.29 is 4.74 Å². The highest BCUT2D eigenvalue weighted by Gasteiger charge is 2.36. The zero-order valence-corrected chi connectivity index (χ0v) is 10.3. The molecule has 3 N–H and O–H groups in total. The second-order valence-corrected chi connectivity index (χ2v) is 5.28. The van der Waals surface area contributed by atoms with E-state index in [9.17, 15) is 0 Å². The Morgan fingerprint density at radius 3 is 2.82 bits per heavy atom. The van der Waals surface area contributed by atoms with Gasteiger partial charge in [0.2, 0.25) is 5.96 Å². The van der Waals surface area contributed by atoms with Gasteiger partial charge in [-0.05, 0) is 25.7 Å². The van der Waals surface area contributed by atoms with Crippen LogP contribution >= 0.6 is 0 Å². The highest BCUT2D eigenvalue weighted by Crippen LogP contribution is 2.29. The van der Waals surface area contributed by atoms with Crippen LogP contribution in [0.4, 0.5) is 0 Å². The van der Waals surface area contributed by atoms with Gasteiger partial charge in [-0.15, -0.1) is 0 Å². The van der Waals surface area contributed by atoms with Gasteiger partial charge in [-0.3, -0.25) is 5.43 Å². The monoisotopic (exact) mass is 238 g/mol. The molecule has 5 nitrogen and oxygen atoms in total. The van der Waals surface area contributed by atoms with Crippen molar-refractivity contribution in [1.29, 1.82) is 0 Å². The average molecular weight is 238 g/mol. The number of nitrogens with two attached hydrogens (primary N) is 1. The fraction of sp³-hybridized carbons (Fsp3) is 0.917. The quantitative estimate of drug-likeness (QED) is 0.304. The summed E-state index contributed by atoms with van der Waals surface area (Å²) < 4.78 is 5.86. The molecule has 96 valence electrons. The number of nitrogens with zero attached hydrogens (tertiary/aromatic N) is 2. The van der Waals surface area contributed by atoms with Gasteiger partial charge in [-0.2, -0.15) is 0 Å². The van der Waals surface area contributed by atoms with E-state index in [1.54, 1.807) is 0 Å². The lowest BCUT2D eigenvalue weighted by Crippen LogP contribution is -2.59. The van der Waals surface area contributed by atoms with Crippen molar-refractivity contribution in [3.8, 4) is 0 Å². The number of hydrogen-bond acceptors (Lipinski definition) is 3. The van der Waals surface area contributed by atoms with E-state index in [0.29, 0.717) is 18.2 Å². The predicted molar refractivity (Wildman–Crippen MR) is 66.5 cm³/mol. The van der Waals surface area contributed by atoms with Crippen LogP contribution in [-0.4, -0.2) is 42.2 Å². The van der Waals surface area contributed by atoms with Gasteiger partial charge in [0.25, 0.3) is 0 Å². The first kappa shape index (κ1) is 11.3. The lowest BCUT2D eigenvalue weighted by atomic mass is 9.90.